The Bertz CT molecular complexity index is 468. The monoisotopic (exact) mass is 361 g/mol. The third kappa shape index (κ3) is 5.10. The molecule has 3 unspecified atom stereocenters. The maximum atomic E-state index is 11.7. The van der Waals surface area contributed by atoms with Gasteiger partial charge in [-0.1, -0.05) is 0 Å². The summed E-state index contributed by atoms with van der Waals surface area (Å²) in [6.45, 7) is 0.885. The highest BCUT2D eigenvalue weighted by Gasteiger charge is 2.34. The highest BCUT2D eigenvalue weighted by Crippen LogP contribution is 2.34. The first-order valence-corrected chi connectivity index (χ1v) is 12.2. The molecule has 0 spiro atoms. The van der Waals surface area contributed by atoms with E-state index in [4.69, 9.17) is 4.74 Å². The topological polar surface area (TPSA) is 55.4 Å². The van der Waals surface area contributed by atoms with Crippen LogP contribution in [-0.4, -0.2) is 49.8 Å². The Hall–Kier alpha value is 0.220. The molecule has 3 aliphatic rings. The van der Waals surface area contributed by atoms with Gasteiger partial charge in [0.25, 0.3) is 0 Å². The molecule has 134 valence electrons. The Morgan fingerprint density at radius 3 is 2.48 bits per heavy atom. The molecule has 0 amide bonds. The maximum absolute atomic E-state index is 11.7. The Morgan fingerprint density at radius 1 is 1.04 bits per heavy atom. The van der Waals surface area contributed by atoms with Gasteiger partial charge >= 0.3 is 0 Å². The van der Waals surface area contributed by atoms with Gasteiger partial charge in [-0.05, 0) is 69.5 Å². The number of nitrogens with one attached hydrogen (secondary N) is 1. The van der Waals surface area contributed by atoms with Crippen LogP contribution in [0.5, 0.6) is 0 Å². The second kappa shape index (κ2) is 8.07. The van der Waals surface area contributed by atoms with Gasteiger partial charge in [0.05, 0.1) is 11.9 Å². The van der Waals surface area contributed by atoms with Crippen molar-refractivity contribution >= 4 is 21.6 Å². The largest absolute Gasteiger partial charge is 0.362 e. The molecular weight excluding hydrogens is 330 g/mol. The molecule has 3 rings (SSSR count). The van der Waals surface area contributed by atoms with E-state index in [0.717, 1.165) is 38.7 Å². The van der Waals surface area contributed by atoms with Crippen LogP contribution in [0.15, 0.2) is 0 Å². The molecule has 3 fully saturated rings. The predicted octanol–water partition coefficient (Wildman–Crippen LogP) is 2.97. The van der Waals surface area contributed by atoms with Crippen LogP contribution in [0, 0.1) is 5.92 Å². The van der Waals surface area contributed by atoms with Crippen molar-refractivity contribution < 1.29 is 13.2 Å². The fourth-order valence-electron chi connectivity index (χ4n) is 4.35. The van der Waals surface area contributed by atoms with Crippen LogP contribution >= 0.6 is 11.8 Å². The van der Waals surface area contributed by atoms with Crippen molar-refractivity contribution in [2.45, 2.75) is 80.6 Å². The van der Waals surface area contributed by atoms with Crippen LogP contribution in [-0.2, 0) is 14.6 Å². The maximum Gasteiger partial charge on any atom is 0.150 e. The zero-order valence-electron chi connectivity index (χ0n) is 14.2. The lowest BCUT2D eigenvalue weighted by Crippen LogP contribution is -2.49. The summed E-state index contributed by atoms with van der Waals surface area (Å²) in [4.78, 5) is 0. The van der Waals surface area contributed by atoms with Gasteiger partial charge in [-0.3, -0.25) is 5.32 Å². The van der Waals surface area contributed by atoms with E-state index in [0.29, 0.717) is 17.2 Å². The molecule has 2 aliphatic heterocycles. The zero-order chi connectivity index (χ0) is 16.3. The molecule has 0 aromatic rings. The van der Waals surface area contributed by atoms with Crippen molar-refractivity contribution in [3.63, 3.8) is 0 Å². The normalized spacial score (nSPS) is 39.4. The molecule has 1 N–H and O–H groups in total. The Labute approximate surface area is 145 Å². The standard InChI is InChI=1S/C17H31NO3S2/c1-23(19,20)15-9-7-13(8-10-15)16-5-2-6-17(18-16)21-12-14-4-3-11-22-14/h13-18H,2-12H2,1H3. The summed E-state index contributed by atoms with van der Waals surface area (Å²) >= 11 is 2.05. The van der Waals surface area contributed by atoms with Crippen LogP contribution in [0.4, 0.5) is 0 Å². The van der Waals surface area contributed by atoms with E-state index in [2.05, 4.69) is 17.1 Å². The summed E-state index contributed by atoms with van der Waals surface area (Å²) in [7, 11) is -2.86. The third-order valence-electron chi connectivity index (χ3n) is 5.78. The first kappa shape index (κ1) is 18.0. The lowest BCUT2D eigenvalue weighted by Gasteiger charge is -2.39. The molecule has 0 aromatic heterocycles. The first-order chi connectivity index (χ1) is 11.0. The number of thioether (sulfide) groups is 1. The number of sulfone groups is 1. The van der Waals surface area contributed by atoms with E-state index < -0.39 is 9.84 Å². The van der Waals surface area contributed by atoms with Gasteiger partial charge in [0.15, 0.2) is 0 Å². The van der Waals surface area contributed by atoms with Crippen LogP contribution in [0.25, 0.3) is 0 Å². The van der Waals surface area contributed by atoms with Crippen LogP contribution in [0.1, 0.15) is 57.8 Å². The minimum atomic E-state index is -2.86. The molecule has 0 bridgehead atoms. The summed E-state index contributed by atoms with van der Waals surface area (Å²) in [6.07, 6.45) is 11.6. The summed E-state index contributed by atoms with van der Waals surface area (Å²) in [5, 5.41) is 4.31. The molecule has 2 heterocycles. The van der Waals surface area contributed by atoms with Crippen molar-refractivity contribution in [2.75, 3.05) is 18.6 Å². The predicted molar refractivity (Wildman–Crippen MR) is 96.6 cm³/mol. The smallest absolute Gasteiger partial charge is 0.150 e. The summed E-state index contributed by atoms with van der Waals surface area (Å²) in [5.41, 5.74) is 0. The van der Waals surface area contributed by atoms with Crippen LogP contribution in [0.3, 0.4) is 0 Å². The van der Waals surface area contributed by atoms with E-state index >= 15 is 0 Å². The fraction of sp³-hybridized carbons (Fsp3) is 1.00. The zero-order valence-corrected chi connectivity index (χ0v) is 15.8. The minimum Gasteiger partial charge on any atom is -0.362 e. The molecule has 6 heteroatoms. The SMILES string of the molecule is CS(=O)(=O)C1CCC(C2CCCC(OCC3CCCS3)N2)CC1. The van der Waals surface area contributed by atoms with Crippen LogP contribution < -0.4 is 5.32 Å². The average molecular weight is 362 g/mol. The first-order valence-electron chi connectivity index (χ1n) is 9.20. The van der Waals surface area contributed by atoms with Crippen molar-refractivity contribution in [1.82, 2.24) is 5.32 Å². The Kier molecular flexibility index (Phi) is 6.32. The molecule has 1 aliphatic carbocycles. The van der Waals surface area contributed by atoms with Gasteiger partial charge < -0.3 is 4.74 Å². The van der Waals surface area contributed by atoms with Crippen molar-refractivity contribution in [1.29, 1.82) is 0 Å². The lowest BCUT2D eigenvalue weighted by atomic mass is 9.80. The van der Waals surface area contributed by atoms with E-state index in [1.807, 2.05) is 0 Å². The second-order valence-electron chi connectivity index (χ2n) is 7.53. The number of hydrogen-bond acceptors (Lipinski definition) is 5. The molecule has 23 heavy (non-hydrogen) atoms. The molecule has 0 radical (unpaired) electrons. The van der Waals surface area contributed by atoms with Crippen LogP contribution in [0.2, 0.25) is 0 Å². The van der Waals surface area contributed by atoms with E-state index in [-0.39, 0.29) is 11.5 Å². The van der Waals surface area contributed by atoms with Crippen molar-refractivity contribution in [3.05, 3.63) is 0 Å². The quantitative estimate of drug-likeness (QED) is 0.816. The molecule has 2 saturated heterocycles. The highest BCUT2D eigenvalue weighted by molar-refractivity contribution is 8.00. The summed E-state index contributed by atoms with van der Waals surface area (Å²) < 4.78 is 29.5. The number of piperidine rings is 1. The Balaban J connectivity index is 1.43. The number of hydrogen-bond donors (Lipinski definition) is 1. The minimum absolute atomic E-state index is 0.103. The van der Waals surface area contributed by atoms with Gasteiger partial charge in [-0.15, -0.1) is 0 Å². The fourth-order valence-corrected chi connectivity index (χ4v) is 6.65. The number of ether oxygens (including phenoxy) is 1. The van der Waals surface area contributed by atoms with Gasteiger partial charge in [-0.25, -0.2) is 8.42 Å². The number of rotatable bonds is 5. The lowest BCUT2D eigenvalue weighted by molar-refractivity contribution is -0.00960. The molecule has 0 aromatic carbocycles. The van der Waals surface area contributed by atoms with E-state index in [1.165, 1.54) is 37.7 Å². The van der Waals surface area contributed by atoms with E-state index in [9.17, 15) is 8.42 Å². The van der Waals surface area contributed by atoms with Gasteiger partial charge in [0, 0.05) is 17.5 Å². The average Bonchev–Trinajstić information content (AvgIpc) is 3.06. The van der Waals surface area contributed by atoms with Gasteiger partial charge in [0.2, 0.25) is 0 Å². The summed E-state index contributed by atoms with van der Waals surface area (Å²) in [6, 6.07) is 0.519. The molecule has 4 nitrogen and oxygen atoms in total. The summed E-state index contributed by atoms with van der Waals surface area (Å²) in [5.74, 6) is 1.92. The highest BCUT2D eigenvalue weighted by atomic mass is 32.2. The van der Waals surface area contributed by atoms with Gasteiger partial charge in [-0.2, -0.15) is 11.8 Å². The van der Waals surface area contributed by atoms with E-state index in [1.54, 1.807) is 0 Å². The molecular formula is C17H31NO3S2. The van der Waals surface area contributed by atoms with Crippen molar-refractivity contribution in [2.24, 2.45) is 5.92 Å². The molecule has 1 saturated carbocycles. The van der Waals surface area contributed by atoms with Crippen molar-refractivity contribution in [3.8, 4) is 0 Å². The molecule has 3 atom stereocenters. The second-order valence-corrected chi connectivity index (χ2v) is 11.3. The van der Waals surface area contributed by atoms with Gasteiger partial charge in [0.1, 0.15) is 16.1 Å². The third-order valence-corrected chi connectivity index (χ3v) is 8.83. The Morgan fingerprint density at radius 2 is 1.83 bits per heavy atom.